The number of hydrogen-bond acceptors (Lipinski definition) is 7. The van der Waals surface area contributed by atoms with E-state index in [-0.39, 0.29) is 13.3 Å². The Hall–Kier alpha value is -2.99. The van der Waals surface area contributed by atoms with Crippen LogP contribution in [0.1, 0.15) is 43.7 Å². The number of carbonyl (C=O) groups excluding carboxylic acids is 2. The molecule has 1 heterocycles. The lowest BCUT2D eigenvalue weighted by molar-refractivity contribution is 0.0216. The van der Waals surface area contributed by atoms with E-state index in [1.54, 1.807) is 37.5 Å². The van der Waals surface area contributed by atoms with Crippen LogP contribution in [0.3, 0.4) is 0 Å². The number of ether oxygens (including phenoxy) is 5. The van der Waals surface area contributed by atoms with E-state index in [0.717, 1.165) is 15.8 Å². The number of aromatic nitrogens is 1. The standard InChI is InChI=1S/C27H33IN2O7/c1-8-36-16-30-19-12-10-9-11-17(19)13-20(30)25(31)29(26(32)37-27(2,3)4)15-18-14-21(33-5)23(34-6)24(35-7)22(18)28/h9-14H,8,15-16H2,1-7H3. The van der Waals surface area contributed by atoms with Crippen molar-refractivity contribution >= 4 is 45.5 Å². The maximum Gasteiger partial charge on any atom is 0.417 e. The highest BCUT2D eigenvalue weighted by molar-refractivity contribution is 14.1. The third kappa shape index (κ3) is 6.30. The SMILES string of the molecule is CCOCn1c(C(=O)N(Cc2cc(OC)c(OC)c(OC)c2I)C(=O)OC(C)(C)C)cc2ccccc21. The Bertz CT molecular complexity index is 1280. The molecule has 0 saturated heterocycles. The predicted molar refractivity (Wildman–Crippen MR) is 148 cm³/mol. The van der Waals surface area contributed by atoms with E-state index >= 15 is 0 Å². The van der Waals surface area contributed by atoms with Crippen LogP contribution in [0, 0.1) is 3.57 Å². The van der Waals surface area contributed by atoms with E-state index in [4.69, 9.17) is 23.7 Å². The van der Waals surface area contributed by atoms with Gasteiger partial charge in [0.15, 0.2) is 11.5 Å². The fraction of sp³-hybridized carbons (Fsp3) is 0.407. The zero-order valence-corrected chi connectivity index (χ0v) is 24.4. The second-order valence-electron chi connectivity index (χ2n) is 9.13. The van der Waals surface area contributed by atoms with Gasteiger partial charge < -0.3 is 28.3 Å². The molecule has 0 saturated carbocycles. The van der Waals surface area contributed by atoms with Gasteiger partial charge in [-0.05, 0) is 74.0 Å². The molecule has 10 heteroatoms. The van der Waals surface area contributed by atoms with Crippen molar-refractivity contribution in [1.29, 1.82) is 0 Å². The average molecular weight is 624 g/mol. The molecule has 0 N–H and O–H groups in total. The quantitative estimate of drug-likeness (QED) is 0.277. The molecule has 3 aromatic rings. The fourth-order valence-electron chi connectivity index (χ4n) is 3.84. The molecule has 0 unspecified atom stereocenters. The van der Waals surface area contributed by atoms with E-state index in [1.165, 1.54) is 21.3 Å². The highest BCUT2D eigenvalue weighted by Gasteiger charge is 2.32. The molecule has 0 atom stereocenters. The first-order chi connectivity index (χ1) is 17.6. The summed E-state index contributed by atoms with van der Waals surface area (Å²) >= 11 is 2.11. The molecular weight excluding hydrogens is 591 g/mol. The minimum Gasteiger partial charge on any atom is -0.493 e. The van der Waals surface area contributed by atoms with Crippen LogP contribution in [-0.4, -0.2) is 55.0 Å². The molecule has 0 radical (unpaired) electrons. The van der Waals surface area contributed by atoms with Gasteiger partial charge in [-0.2, -0.15) is 0 Å². The zero-order valence-electron chi connectivity index (χ0n) is 22.2. The molecule has 1 aromatic heterocycles. The van der Waals surface area contributed by atoms with Crippen molar-refractivity contribution in [3.63, 3.8) is 0 Å². The molecule has 2 aromatic carbocycles. The first-order valence-corrected chi connectivity index (χ1v) is 12.8. The molecule has 0 fully saturated rings. The third-order valence-electron chi connectivity index (χ3n) is 5.49. The van der Waals surface area contributed by atoms with Crippen molar-refractivity contribution in [3.05, 3.63) is 51.2 Å². The van der Waals surface area contributed by atoms with Gasteiger partial charge in [0.05, 0.1) is 37.0 Å². The molecule has 3 rings (SSSR count). The van der Waals surface area contributed by atoms with Crippen LogP contribution in [0.5, 0.6) is 17.2 Å². The molecule has 9 nitrogen and oxygen atoms in total. The molecular formula is C27H33IN2O7. The lowest BCUT2D eigenvalue weighted by atomic mass is 10.1. The number of benzene rings is 2. The van der Waals surface area contributed by atoms with Crippen LogP contribution >= 0.6 is 22.6 Å². The Kier molecular flexibility index (Phi) is 9.30. The van der Waals surface area contributed by atoms with Gasteiger partial charge in [0.25, 0.3) is 5.91 Å². The van der Waals surface area contributed by atoms with Gasteiger partial charge in [-0.3, -0.25) is 4.79 Å². The summed E-state index contributed by atoms with van der Waals surface area (Å²) in [5.41, 5.74) is 0.950. The zero-order chi connectivity index (χ0) is 27.3. The maximum atomic E-state index is 14.0. The molecule has 0 aliphatic heterocycles. The number of fused-ring (bicyclic) bond motifs is 1. The number of imide groups is 1. The minimum absolute atomic E-state index is 0.0844. The number of hydrogen-bond donors (Lipinski definition) is 0. The van der Waals surface area contributed by atoms with Crippen molar-refractivity contribution in [2.24, 2.45) is 0 Å². The van der Waals surface area contributed by atoms with E-state index in [2.05, 4.69) is 22.6 Å². The van der Waals surface area contributed by atoms with E-state index < -0.39 is 17.6 Å². The summed E-state index contributed by atoms with van der Waals surface area (Å²) in [5, 5.41) is 0.858. The molecule has 0 aliphatic rings. The fourth-order valence-corrected chi connectivity index (χ4v) is 4.63. The monoisotopic (exact) mass is 624 g/mol. The number of methoxy groups -OCH3 is 3. The van der Waals surface area contributed by atoms with Crippen molar-refractivity contribution in [2.45, 2.75) is 46.6 Å². The van der Waals surface area contributed by atoms with Crippen molar-refractivity contribution in [2.75, 3.05) is 27.9 Å². The van der Waals surface area contributed by atoms with Gasteiger partial charge in [-0.15, -0.1) is 0 Å². The Balaban J connectivity index is 2.14. The minimum atomic E-state index is -0.809. The van der Waals surface area contributed by atoms with E-state index in [0.29, 0.717) is 38.7 Å². The van der Waals surface area contributed by atoms with Crippen LogP contribution < -0.4 is 14.2 Å². The number of rotatable bonds is 9. The third-order valence-corrected chi connectivity index (χ3v) is 6.67. The second-order valence-corrected chi connectivity index (χ2v) is 10.2. The van der Waals surface area contributed by atoms with Crippen LogP contribution in [0.4, 0.5) is 4.79 Å². The number of halogens is 1. The Morgan fingerprint density at radius 1 is 1.00 bits per heavy atom. The summed E-state index contributed by atoms with van der Waals surface area (Å²) in [6.07, 6.45) is -0.768. The van der Waals surface area contributed by atoms with Gasteiger partial charge in [0.2, 0.25) is 5.75 Å². The molecule has 37 heavy (non-hydrogen) atoms. The van der Waals surface area contributed by atoms with Gasteiger partial charge >= 0.3 is 6.09 Å². The van der Waals surface area contributed by atoms with Crippen LogP contribution in [0.15, 0.2) is 36.4 Å². The summed E-state index contributed by atoms with van der Waals surface area (Å²) in [4.78, 5) is 28.5. The van der Waals surface area contributed by atoms with Gasteiger partial charge in [0, 0.05) is 12.0 Å². The van der Waals surface area contributed by atoms with Crippen LogP contribution in [0.2, 0.25) is 0 Å². The number of amides is 2. The molecule has 0 spiro atoms. The predicted octanol–water partition coefficient (Wildman–Crippen LogP) is 5.84. The van der Waals surface area contributed by atoms with Crippen molar-refractivity contribution in [3.8, 4) is 17.2 Å². The van der Waals surface area contributed by atoms with Crippen LogP contribution in [-0.2, 0) is 22.7 Å². The summed E-state index contributed by atoms with van der Waals surface area (Å²) in [6.45, 7) is 7.69. The second kappa shape index (κ2) is 12.0. The highest BCUT2D eigenvalue weighted by Crippen LogP contribution is 2.43. The largest absolute Gasteiger partial charge is 0.493 e. The summed E-state index contributed by atoms with van der Waals surface area (Å²) < 4.78 is 30.3. The number of carbonyl (C=O) groups is 2. The lowest BCUT2D eigenvalue weighted by Gasteiger charge is -2.27. The summed E-state index contributed by atoms with van der Waals surface area (Å²) in [5.74, 6) is 0.760. The van der Waals surface area contributed by atoms with E-state index in [1.807, 2.05) is 31.2 Å². The van der Waals surface area contributed by atoms with Gasteiger partial charge in [0.1, 0.15) is 18.0 Å². The molecule has 2 amide bonds. The molecule has 0 aliphatic carbocycles. The number of para-hydroxylation sites is 1. The Morgan fingerprint density at radius 2 is 1.68 bits per heavy atom. The number of nitrogens with zero attached hydrogens (tertiary/aromatic N) is 2. The highest BCUT2D eigenvalue weighted by atomic mass is 127. The maximum absolute atomic E-state index is 14.0. The molecule has 0 bridgehead atoms. The van der Waals surface area contributed by atoms with Crippen molar-refractivity contribution in [1.82, 2.24) is 9.47 Å². The first kappa shape index (κ1) is 28.6. The van der Waals surface area contributed by atoms with Crippen molar-refractivity contribution < 1.29 is 33.3 Å². The smallest absolute Gasteiger partial charge is 0.417 e. The Labute approximate surface area is 230 Å². The van der Waals surface area contributed by atoms with Gasteiger partial charge in [-0.25, -0.2) is 9.69 Å². The summed E-state index contributed by atoms with van der Waals surface area (Å²) in [7, 11) is 4.55. The van der Waals surface area contributed by atoms with Crippen LogP contribution in [0.25, 0.3) is 10.9 Å². The summed E-state index contributed by atoms with van der Waals surface area (Å²) in [6, 6.07) is 11.1. The normalized spacial score (nSPS) is 11.4. The first-order valence-electron chi connectivity index (χ1n) is 11.7. The van der Waals surface area contributed by atoms with E-state index in [9.17, 15) is 9.59 Å². The lowest BCUT2D eigenvalue weighted by Crippen LogP contribution is -2.41. The topological polar surface area (TPSA) is 88.5 Å². The molecule has 200 valence electrons. The van der Waals surface area contributed by atoms with Gasteiger partial charge in [-0.1, -0.05) is 18.2 Å². The Morgan fingerprint density at radius 3 is 2.27 bits per heavy atom. The average Bonchev–Trinajstić information content (AvgIpc) is 3.23.